The first-order valence-electron chi connectivity index (χ1n) is 6.17. The van der Waals surface area contributed by atoms with E-state index in [4.69, 9.17) is 4.74 Å². The molecule has 4 nitrogen and oxygen atoms in total. The summed E-state index contributed by atoms with van der Waals surface area (Å²) in [6.45, 7) is 1.21. The largest absolute Gasteiger partial charge is 0.497 e. The summed E-state index contributed by atoms with van der Waals surface area (Å²) < 4.78 is 28.4. The van der Waals surface area contributed by atoms with E-state index in [1.165, 1.54) is 0 Å². The fourth-order valence-electron chi connectivity index (χ4n) is 2.25. The molecule has 1 aliphatic heterocycles. The van der Waals surface area contributed by atoms with Crippen molar-refractivity contribution in [1.82, 2.24) is 5.32 Å². The van der Waals surface area contributed by atoms with Crippen LogP contribution >= 0.6 is 0 Å². The summed E-state index contributed by atoms with van der Waals surface area (Å²) in [5, 5.41) is 3.01. The van der Waals surface area contributed by atoms with Crippen molar-refractivity contribution < 1.29 is 13.2 Å². The molecule has 18 heavy (non-hydrogen) atoms. The minimum absolute atomic E-state index is 0.205. The van der Waals surface area contributed by atoms with E-state index in [0.29, 0.717) is 18.8 Å². The molecule has 1 unspecified atom stereocenters. The number of rotatable bonds is 5. The lowest BCUT2D eigenvalue weighted by Gasteiger charge is -2.11. The lowest BCUT2D eigenvalue weighted by atomic mass is 10.2. The highest BCUT2D eigenvalue weighted by molar-refractivity contribution is 7.92. The summed E-state index contributed by atoms with van der Waals surface area (Å²) in [6.07, 6.45) is 1.58. The van der Waals surface area contributed by atoms with Gasteiger partial charge < -0.3 is 10.1 Å². The first-order valence-corrected chi connectivity index (χ1v) is 7.88. The Bertz CT molecular complexity index is 499. The van der Waals surface area contributed by atoms with E-state index in [1.54, 1.807) is 7.11 Å². The van der Waals surface area contributed by atoms with Crippen LogP contribution in [0.25, 0.3) is 0 Å². The Morgan fingerprint density at radius 1 is 1.44 bits per heavy atom. The predicted molar refractivity (Wildman–Crippen MR) is 71.5 cm³/mol. The van der Waals surface area contributed by atoms with Crippen molar-refractivity contribution in [2.45, 2.75) is 24.6 Å². The summed E-state index contributed by atoms with van der Waals surface area (Å²) in [6, 6.07) is 7.78. The number of nitrogens with one attached hydrogen (secondary N) is 1. The molecule has 2 rings (SSSR count). The van der Waals surface area contributed by atoms with E-state index in [-0.39, 0.29) is 5.25 Å². The third-order valence-electron chi connectivity index (χ3n) is 3.30. The quantitative estimate of drug-likeness (QED) is 0.877. The minimum Gasteiger partial charge on any atom is -0.497 e. The highest BCUT2D eigenvalue weighted by atomic mass is 32.2. The van der Waals surface area contributed by atoms with Gasteiger partial charge in [0.25, 0.3) is 0 Å². The molecule has 1 N–H and O–H groups in total. The Morgan fingerprint density at radius 2 is 2.28 bits per heavy atom. The molecule has 0 spiro atoms. The third-order valence-corrected chi connectivity index (χ3v) is 5.57. The molecule has 1 aliphatic rings. The lowest BCUT2D eigenvalue weighted by molar-refractivity contribution is 0.414. The van der Waals surface area contributed by atoms with E-state index in [2.05, 4.69) is 5.32 Å². The average molecular weight is 269 g/mol. The second-order valence-corrected chi connectivity index (χ2v) is 7.01. The number of methoxy groups -OCH3 is 1. The Kier molecular flexibility index (Phi) is 4.24. The van der Waals surface area contributed by atoms with Crippen LogP contribution < -0.4 is 10.1 Å². The molecule has 0 saturated carbocycles. The van der Waals surface area contributed by atoms with Gasteiger partial charge in [0.05, 0.1) is 18.1 Å². The molecular weight excluding hydrogens is 250 g/mol. The molecular formula is C13H19NO3S. The number of sulfone groups is 1. The van der Waals surface area contributed by atoms with Crippen LogP contribution in [0.4, 0.5) is 0 Å². The van der Waals surface area contributed by atoms with Gasteiger partial charge >= 0.3 is 0 Å². The molecule has 1 heterocycles. The van der Waals surface area contributed by atoms with Gasteiger partial charge in [-0.2, -0.15) is 0 Å². The van der Waals surface area contributed by atoms with Crippen LogP contribution in [0.2, 0.25) is 0 Å². The van der Waals surface area contributed by atoms with Gasteiger partial charge in [0.2, 0.25) is 0 Å². The van der Waals surface area contributed by atoms with Gasteiger partial charge in [-0.05, 0) is 30.5 Å². The number of hydrogen-bond donors (Lipinski definition) is 1. The Balaban J connectivity index is 1.85. The van der Waals surface area contributed by atoms with Crippen molar-refractivity contribution in [2.75, 3.05) is 19.4 Å². The Hall–Kier alpha value is -1.07. The van der Waals surface area contributed by atoms with Crippen molar-refractivity contribution >= 4 is 9.84 Å². The first kappa shape index (κ1) is 13.4. The van der Waals surface area contributed by atoms with Crippen molar-refractivity contribution in [2.24, 2.45) is 0 Å². The second-order valence-electron chi connectivity index (χ2n) is 4.61. The Labute approximate surface area is 108 Å². The zero-order chi connectivity index (χ0) is 13.0. The van der Waals surface area contributed by atoms with Gasteiger partial charge in [0, 0.05) is 13.1 Å². The fraction of sp³-hybridized carbons (Fsp3) is 0.538. The average Bonchev–Trinajstić information content (AvgIpc) is 2.69. The maximum absolute atomic E-state index is 11.6. The van der Waals surface area contributed by atoms with Gasteiger partial charge in [0.15, 0.2) is 9.84 Å². The molecule has 0 amide bonds. The highest BCUT2D eigenvalue weighted by Gasteiger charge is 2.30. The molecule has 1 atom stereocenters. The van der Waals surface area contributed by atoms with Gasteiger partial charge in [-0.3, -0.25) is 0 Å². The standard InChI is InChI=1S/C13H19NO3S/c1-17-12-5-2-4-11(8-12)9-14-10-13-6-3-7-18(13,15)16/h2,4-5,8,13-14H,3,6-7,9-10H2,1H3. The van der Waals surface area contributed by atoms with Crippen molar-refractivity contribution in [3.63, 3.8) is 0 Å². The lowest BCUT2D eigenvalue weighted by Crippen LogP contribution is -2.30. The van der Waals surface area contributed by atoms with Crippen molar-refractivity contribution in [3.8, 4) is 5.75 Å². The zero-order valence-electron chi connectivity index (χ0n) is 10.6. The van der Waals surface area contributed by atoms with Crippen LogP contribution in [-0.2, 0) is 16.4 Å². The van der Waals surface area contributed by atoms with Gasteiger partial charge in [-0.1, -0.05) is 12.1 Å². The molecule has 0 aliphatic carbocycles. The van der Waals surface area contributed by atoms with Crippen LogP contribution in [0.15, 0.2) is 24.3 Å². The van der Waals surface area contributed by atoms with Crippen LogP contribution in [0.3, 0.4) is 0 Å². The van der Waals surface area contributed by atoms with Crippen LogP contribution in [0.5, 0.6) is 5.75 Å². The summed E-state index contributed by atoms with van der Waals surface area (Å²) in [5.74, 6) is 1.17. The fourth-order valence-corrected chi connectivity index (χ4v) is 4.05. The molecule has 5 heteroatoms. The van der Waals surface area contributed by atoms with Crippen molar-refractivity contribution in [3.05, 3.63) is 29.8 Å². The van der Waals surface area contributed by atoms with Gasteiger partial charge in [0.1, 0.15) is 5.75 Å². The van der Waals surface area contributed by atoms with E-state index in [1.807, 2.05) is 24.3 Å². The molecule has 0 bridgehead atoms. The molecule has 0 aromatic heterocycles. The van der Waals surface area contributed by atoms with E-state index in [0.717, 1.165) is 24.2 Å². The number of hydrogen-bond acceptors (Lipinski definition) is 4. The molecule has 0 radical (unpaired) electrons. The predicted octanol–water partition coefficient (Wildman–Crippen LogP) is 1.36. The molecule has 1 aromatic carbocycles. The summed E-state index contributed by atoms with van der Waals surface area (Å²) >= 11 is 0. The zero-order valence-corrected chi connectivity index (χ0v) is 11.4. The van der Waals surface area contributed by atoms with E-state index < -0.39 is 9.84 Å². The summed E-state index contributed by atoms with van der Waals surface area (Å²) in [4.78, 5) is 0. The van der Waals surface area contributed by atoms with E-state index >= 15 is 0 Å². The SMILES string of the molecule is COc1cccc(CNCC2CCCS2(=O)=O)c1. The van der Waals surface area contributed by atoms with Crippen molar-refractivity contribution in [1.29, 1.82) is 0 Å². The number of benzene rings is 1. The smallest absolute Gasteiger partial charge is 0.154 e. The third kappa shape index (κ3) is 3.23. The topological polar surface area (TPSA) is 55.4 Å². The first-order chi connectivity index (χ1) is 8.62. The van der Waals surface area contributed by atoms with Gasteiger partial charge in [-0.25, -0.2) is 8.42 Å². The number of ether oxygens (including phenoxy) is 1. The highest BCUT2D eigenvalue weighted by Crippen LogP contribution is 2.19. The summed E-state index contributed by atoms with van der Waals surface area (Å²) in [5.41, 5.74) is 1.10. The normalized spacial score (nSPS) is 21.9. The monoisotopic (exact) mass is 269 g/mol. The Morgan fingerprint density at radius 3 is 2.94 bits per heavy atom. The van der Waals surface area contributed by atoms with Crippen LogP contribution in [0, 0.1) is 0 Å². The molecule has 1 saturated heterocycles. The van der Waals surface area contributed by atoms with Crippen LogP contribution in [0.1, 0.15) is 18.4 Å². The molecule has 1 fully saturated rings. The maximum Gasteiger partial charge on any atom is 0.154 e. The molecule has 100 valence electrons. The van der Waals surface area contributed by atoms with Gasteiger partial charge in [-0.15, -0.1) is 0 Å². The maximum atomic E-state index is 11.6. The minimum atomic E-state index is -2.84. The molecule has 1 aromatic rings. The summed E-state index contributed by atoms with van der Waals surface area (Å²) in [7, 11) is -1.20. The van der Waals surface area contributed by atoms with E-state index in [9.17, 15) is 8.42 Å². The second kappa shape index (κ2) is 5.71. The van der Waals surface area contributed by atoms with Crippen LogP contribution in [-0.4, -0.2) is 33.1 Å².